The highest BCUT2D eigenvalue weighted by Gasteiger charge is 2.07. The molecule has 1 aromatic carbocycles. The van der Waals surface area contributed by atoms with Gasteiger partial charge >= 0.3 is 5.97 Å². The van der Waals surface area contributed by atoms with Gasteiger partial charge in [-0.1, -0.05) is 17.3 Å². The molecule has 4 heteroatoms. The summed E-state index contributed by atoms with van der Waals surface area (Å²) in [4.78, 5) is 20.6. The average molecular weight is 179 g/mol. The van der Waals surface area contributed by atoms with E-state index in [2.05, 4.69) is 5.18 Å². The fourth-order valence-electron chi connectivity index (χ4n) is 1.07. The Morgan fingerprint density at radius 3 is 2.77 bits per heavy atom. The van der Waals surface area contributed by atoms with Crippen molar-refractivity contribution >= 4 is 5.97 Å². The molecule has 0 aromatic heterocycles. The third-order valence-corrected chi connectivity index (χ3v) is 1.78. The number of nitrogens with zero attached hydrogens (tertiary/aromatic N) is 1. The third-order valence-electron chi connectivity index (χ3n) is 1.78. The average Bonchev–Trinajstić information content (AvgIpc) is 2.08. The van der Waals surface area contributed by atoms with Crippen LogP contribution >= 0.6 is 0 Å². The van der Waals surface area contributed by atoms with E-state index in [0.29, 0.717) is 11.1 Å². The van der Waals surface area contributed by atoms with Crippen LogP contribution in [0.1, 0.15) is 21.5 Å². The number of aryl methyl sites for hydroxylation is 1. The highest BCUT2D eigenvalue weighted by Crippen LogP contribution is 2.11. The standard InChI is InChI=1S/C9H9NO3/c1-6-2-3-7(5-10-13)4-8(6)9(11)12/h2-4H,5H2,1H3,(H,11,12). The molecule has 0 aliphatic carbocycles. The van der Waals surface area contributed by atoms with Gasteiger partial charge in [-0.15, -0.1) is 0 Å². The summed E-state index contributed by atoms with van der Waals surface area (Å²) in [7, 11) is 0. The van der Waals surface area contributed by atoms with Crippen molar-refractivity contribution in [3.8, 4) is 0 Å². The summed E-state index contributed by atoms with van der Waals surface area (Å²) in [5, 5.41) is 11.4. The van der Waals surface area contributed by atoms with Crippen molar-refractivity contribution in [1.29, 1.82) is 0 Å². The van der Waals surface area contributed by atoms with Gasteiger partial charge in [-0.05, 0) is 24.1 Å². The second-order valence-corrected chi connectivity index (χ2v) is 2.74. The van der Waals surface area contributed by atoms with Crippen LogP contribution in [0.15, 0.2) is 23.4 Å². The first-order chi connectivity index (χ1) is 6.15. The van der Waals surface area contributed by atoms with E-state index in [1.807, 2.05) is 0 Å². The molecule has 0 spiro atoms. The molecule has 0 aliphatic rings. The fourth-order valence-corrected chi connectivity index (χ4v) is 1.07. The first-order valence-electron chi connectivity index (χ1n) is 3.77. The summed E-state index contributed by atoms with van der Waals surface area (Å²) < 4.78 is 0. The second kappa shape index (κ2) is 3.80. The molecule has 0 saturated carbocycles. The molecule has 0 saturated heterocycles. The lowest BCUT2D eigenvalue weighted by Crippen LogP contribution is -2.00. The molecule has 1 rings (SSSR count). The van der Waals surface area contributed by atoms with Crippen molar-refractivity contribution in [3.63, 3.8) is 0 Å². The van der Waals surface area contributed by atoms with E-state index in [0.717, 1.165) is 0 Å². The summed E-state index contributed by atoms with van der Waals surface area (Å²) in [5.74, 6) is -0.981. The van der Waals surface area contributed by atoms with Crippen LogP contribution in [0.3, 0.4) is 0 Å². The van der Waals surface area contributed by atoms with Crippen LogP contribution in [0.5, 0.6) is 0 Å². The summed E-state index contributed by atoms with van der Waals surface area (Å²) >= 11 is 0. The van der Waals surface area contributed by atoms with E-state index in [9.17, 15) is 9.70 Å². The molecule has 1 aromatic rings. The molecule has 68 valence electrons. The lowest BCUT2D eigenvalue weighted by molar-refractivity contribution is 0.0696. The summed E-state index contributed by atoms with van der Waals surface area (Å²) in [6.07, 6.45) is 0. The number of carboxylic acids is 1. The van der Waals surface area contributed by atoms with Gasteiger partial charge in [0.1, 0.15) is 6.54 Å². The minimum atomic E-state index is -0.981. The molecule has 0 amide bonds. The van der Waals surface area contributed by atoms with E-state index in [-0.39, 0.29) is 12.1 Å². The Morgan fingerprint density at radius 1 is 1.54 bits per heavy atom. The zero-order chi connectivity index (χ0) is 9.84. The Balaban J connectivity index is 3.10. The maximum Gasteiger partial charge on any atom is 0.335 e. The number of carboxylic acid groups (broad SMARTS) is 1. The largest absolute Gasteiger partial charge is 0.478 e. The maximum atomic E-state index is 10.7. The van der Waals surface area contributed by atoms with Gasteiger partial charge in [-0.2, -0.15) is 4.91 Å². The van der Waals surface area contributed by atoms with Gasteiger partial charge in [0.25, 0.3) is 0 Å². The highest BCUT2D eigenvalue weighted by atomic mass is 16.4. The van der Waals surface area contributed by atoms with Crippen LogP contribution in [-0.4, -0.2) is 11.1 Å². The van der Waals surface area contributed by atoms with E-state index < -0.39 is 5.97 Å². The lowest BCUT2D eigenvalue weighted by Gasteiger charge is -2.01. The molecular weight excluding hydrogens is 170 g/mol. The molecule has 0 aliphatic heterocycles. The van der Waals surface area contributed by atoms with Gasteiger partial charge in [0.05, 0.1) is 5.56 Å². The van der Waals surface area contributed by atoms with E-state index in [1.54, 1.807) is 19.1 Å². The smallest absolute Gasteiger partial charge is 0.335 e. The zero-order valence-corrected chi connectivity index (χ0v) is 7.15. The Bertz CT molecular complexity index is 347. The van der Waals surface area contributed by atoms with Gasteiger partial charge < -0.3 is 5.11 Å². The number of hydrogen-bond acceptors (Lipinski definition) is 3. The van der Waals surface area contributed by atoms with E-state index >= 15 is 0 Å². The Kier molecular flexibility index (Phi) is 2.74. The zero-order valence-electron chi connectivity index (χ0n) is 7.15. The summed E-state index contributed by atoms with van der Waals surface area (Å²) in [6, 6.07) is 4.84. The minimum Gasteiger partial charge on any atom is -0.478 e. The topological polar surface area (TPSA) is 66.7 Å². The van der Waals surface area contributed by atoms with Crippen molar-refractivity contribution < 1.29 is 9.90 Å². The van der Waals surface area contributed by atoms with Crippen molar-refractivity contribution in [2.45, 2.75) is 13.5 Å². The van der Waals surface area contributed by atoms with Crippen molar-refractivity contribution in [2.75, 3.05) is 0 Å². The predicted molar refractivity (Wildman–Crippen MR) is 47.6 cm³/mol. The third kappa shape index (κ3) is 2.11. The van der Waals surface area contributed by atoms with Crippen LogP contribution in [-0.2, 0) is 6.54 Å². The number of rotatable bonds is 3. The normalized spacial score (nSPS) is 9.62. The summed E-state index contributed by atoms with van der Waals surface area (Å²) in [5.41, 5.74) is 1.53. The number of aromatic carboxylic acids is 1. The molecule has 1 N–H and O–H groups in total. The van der Waals surface area contributed by atoms with Gasteiger partial charge in [0.15, 0.2) is 0 Å². The van der Waals surface area contributed by atoms with Gasteiger partial charge in [0, 0.05) is 0 Å². The number of carbonyl (C=O) groups is 1. The maximum absolute atomic E-state index is 10.7. The number of benzene rings is 1. The quantitative estimate of drug-likeness (QED) is 0.721. The first-order valence-corrected chi connectivity index (χ1v) is 3.77. The van der Waals surface area contributed by atoms with Crippen molar-refractivity contribution in [1.82, 2.24) is 0 Å². The molecule has 0 bridgehead atoms. The number of hydrogen-bond donors (Lipinski definition) is 1. The molecule has 0 radical (unpaired) electrons. The fraction of sp³-hybridized carbons (Fsp3) is 0.222. The molecular formula is C9H9NO3. The Morgan fingerprint density at radius 2 is 2.23 bits per heavy atom. The molecule has 0 fully saturated rings. The molecule has 4 nitrogen and oxygen atoms in total. The van der Waals surface area contributed by atoms with Gasteiger partial charge in [-0.3, -0.25) is 0 Å². The van der Waals surface area contributed by atoms with Gasteiger partial charge in [-0.25, -0.2) is 4.79 Å². The van der Waals surface area contributed by atoms with Crippen LogP contribution in [0.25, 0.3) is 0 Å². The summed E-state index contributed by atoms with van der Waals surface area (Å²) in [6.45, 7) is 1.72. The van der Waals surface area contributed by atoms with Crippen LogP contribution in [0.4, 0.5) is 0 Å². The van der Waals surface area contributed by atoms with Crippen molar-refractivity contribution in [2.24, 2.45) is 5.18 Å². The number of nitroso groups, excluding NO2 is 1. The molecule has 0 unspecified atom stereocenters. The van der Waals surface area contributed by atoms with E-state index in [1.165, 1.54) is 6.07 Å². The van der Waals surface area contributed by atoms with Crippen LogP contribution < -0.4 is 0 Å². The van der Waals surface area contributed by atoms with Crippen LogP contribution in [0.2, 0.25) is 0 Å². The molecule has 13 heavy (non-hydrogen) atoms. The Hall–Kier alpha value is -1.71. The first kappa shape index (κ1) is 9.38. The SMILES string of the molecule is Cc1ccc(CN=O)cc1C(=O)O. The minimum absolute atomic E-state index is 0.0144. The highest BCUT2D eigenvalue weighted by molar-refractivity contribution is 5.89. The van der Waals surface area contributed by atoms with Crippen molar-refractivity contribution in [3.05, 3.63) is 39.8 Å². The molecule has 0 heterocycles. The monoisotopic (exact) mass is 179 g/mol. The molecule has 0 atom stereocenters. The van der Waals surface area contributed by atoms with Crippen LogP contribution in [0, 0.1) is 11.8 Å². The Labute approximate surface area is 75.2 Å². The lowest BCUT2D eigenvalue weighted by atomic mass is 10.1. The van der Waals surface area contributed by atoms with E-state index in [4.69, 9.17) is 5.11 Å². The predicted octanol–water partition coefficient (Wildman–Crippen LogP) is 1.96. The second-order valence-electron chi connectivity index (χ2n) is 2.74. The van der Waals surface area contributed by atoms with Gasteiger partial charge in [0.2, 0.25) is 0 Å².